The molecule has 0 amide bonds. The number of benzene rings is 1. The molecule has 0 saturated heterocycles. The van der Waals surface area contributed by atoms with Crippen molar-refractivity contribution < 1.29 is 4.74 Å². The van der Waals surface area contributed by atoms with E-state index in [0.717, 1.165) is 24.3 Å². The van der Waals surface area contributed by atoms with E-state index in [4.69, 9.17) is 28.6 Å². The Morgan fingerprint density at radius 1 is 1.29 bits per heavy atom. The predicted octanol–water partition coefficient (Wildman–Crippen LogP) is 4.53. The van der Waals surface area contributed by atoms with Crippen LogP contribution in [0.1, 0.15) is 25.1 Å². The Hall–Kier alpha value is -1.69. The minimum absolute atomic E-state index is 0.0468. The Bertz CT molecular complexity index is 654. The number of para-hydroxylation sites is 1. The highest BCUT2D eigenvalue weighted by atomic mass is 35.5. The molecular weight excluding hydrogens is 342 g/mol. The number of methoxy groups -OCH3 is 1. The first kappa shape index (κ1) is 18.6. The number of rotatable bonds is 7. The van der Waals surface area contributed by atoms with E-state index in [1.165, 1.54) is 0 Å². The van der Waals surface area contributed by atoms with Crippen LogP contribution in [-0.2, 0) is 4.74 Å². The van der Waals surface area contributed by atoms with Crippen LogP contribution in [0, 0.1) is 0 Å². The van der Waals surface area contributed by atoms with E-state index in [-0.39, 0.29) is 6.04 Å². The molecule has 1 N–H and O–H groups in total. The minimum atomic E-state index is 0.0468. The van der Waals surface area contributed by atoms with Crippen LogP contribution in [0.15, 0.2) is 48.7 Å². The van der Waals surface area contributed by atoms with Crippen LogP contribution in [0.25, 0.3) is 0 Å². The van der Waals surface area contributed by atoms with Gasteiger partial charge in [0, 0.05) is 26.5 Å². The molecule has 4 nitrogen and oxygen atoms in total. The normalized spacial score (nSPS) is 11.8. The molecule has 1 aromatic carbocycles. The predicted molar refractivity (Wildman–Crippen MR) is 104 cm³/mol. The van der Waals surface area contributed by atoms with Gasteiger partial charge in [0.25, 0.3) is 0 Å². The van der Waals surface area contributed by atoms with Gasteiger partial charge >= 0.3 is 0 Å². The van der Waals surface area contributed by atoms with E-state index in [1.807, 2.05) is 42.5 Å². The number of ether oxygens (including phenoxy) is 1. The van der Waals surface area contributed by atoms with Gasteiger partial charge in [-0.15, -0.1) is 0 Å². The summed E-state index contributed by atoms with van der Waals surface area (Å²) in [4.78, 5) is 6.56. The Morgan fingerprint density at radius 3 is 2.71 bits per heavy atom. The largest absolute Gasteiger partial charge is 0.385 e. The van der Waals surface area contributed by atoms with Crippen molar-refractivity contribution >= 4 is 34.6 Å². The van der Waals surface area contributed by atoms with Crippen molar-refractivity contribution in [2.75, 3.05) is 25.6 Å². The number of thiocarbonyl (C=S) groups is 1. The maximum atomic E-state index is 6.22. The zero-order valence-corrected chi connectivity index (χ0v) is 15.5. The minimum Gasteiger partial charge on any atom is -0.385 e. The molecular formula is C18H22ClN3OS. The fourth-order valence-electron chi connectivity index (χ4n) is 2.38. The molecule has 0 bridgehead atoms. The molecule has 0 aliphatic carbocycles. The molecule has 0 fully saturated rings. The van der Waals surface area contributed by atoms with E-state index in [0.29, 0.717) is 16.7 Å². The smallest absolute Gasteiger partial charge is 0.174 e. The molecule has 2 aromatic rings. The van der Waals surface area contributed by atoms with E-state index in [1.54, 1.807) is 13.3 Å². The van der Waals surface area contributed by atoms with E-state index in [2.05, 4.69) is 22.1 Å². The molecule has 1 atom stereocenters. The highest BCUT2D eigenvalue weighted by Gasteiger charge is 2.20. The van der Waals surface area contributed by atoms with Crippen LogP contribution in [-0.4, -0.2) is 35.3 Å². The summed E-state index contributed by atoms with van der Waals surface area (Å²) in [5, 5.41) is 4.51. The van der Waals surface area contributed by atoms with Gasteiger partial charge in [0.05, 0.1) is 22.4 Å². The van der Waals surface area contributed by atoms with Crippen LogP contribution in [0.3, 0.4) is 0 Å². The standard InChI is InChI=1S/C18H22ClN3OS/c1-14(16-9-5-6-11-20-16)22(12-7-13-23-2)18(24)21-17-10-4-3-8-15(17)19/h3-6,8-11,14H,7,12-13H2,1-2H3,(H,21,24)/t14-/m1/s1. The summed E-state index contributed by atoms with van der Waals surface area (Å²) in [7, 11) is 1.70. The van der Waals surface area contributed by atoms with E-state index < -0.39 is 0 Å². The summed E-state index contributed by atoms with van der Waals surface area (Å²) in [6, 6.07) is 13.5. The molecule has 6 heteroatoms. The molecule has 0 saturated carbocycles. The highest BCUT2D eigenvalue weighted by Crippen LogP contribution is 2.24. The van der Waals surface area contributed by atoms with Crippen LogP contribution in [0.4, 0.5) is 5.69 Å². The lowest BCUT2D eigenvalue weighted by molar-refractivity contribution is 0.181. The number of halogens is 1. The lowest BCUT2D eigenvalue weighted by Gasteiger charge is -2.31. The summed E-state index contributed by atoms with van der Waals surface area (Å²) in [5.74, 6) is 0. The van der Waals surface area contributed by atoms with Gasteiger partial charge in [0.1, 0.15) is 0 Å². The van der Waals surface area contributed by atoms with Gasteiger partial charge < -0.3 is 15.0 Å². The third-order valence-electron chi connectivity index (χ3n) is 3.71. The van der Waals surface area contributed by atoms with Gasteiger partial charge in [-0.1, -0.05) is 29.8 Å². The topological polar surface area (TPSA) is 37.4 Å². The van der Waals surface area contributed by atoms with Gasteiger partial charge in [-0.05, 0) is 49.8 Å². The van der Waals surface area contributed by atoms with Crippen molar-refractivity contribution in [3.05, 3.63) is 59.4 Å². The third kappa shape index (κ3) is 5.16. The summed E-state index contributed by atoms with van der Waals surface area (Å²) >= 11 is 11.9. The summed E-state index contributed by atoms with van der Waals surface area (Å²) in [6.45, 7) is 3.54. The number of nitrogens with zero attached hydrogens (tertiary/aromatic N) is 2. The number of aromatic nitrogens is 1. The van der Waals surface area contributed by atoms with Gasteiger partial charge in [-0.25, -0.2) is 0 Å². The maximum absolute atomic E-state index is 6.22. The van der Waals surface area contributed by atoms with Crippen LogP contribution < -0.4 is 5.32 Å². The Labute approximate surface area is 153 Å². The van der Waals surface area contributed by atoms with Crippen molar-refractivity contribution in [2.24, 2.45) is 0 Å². The number of nitrogens with one attached hydrogen (secondary N) is 1. The number of anilines is 1. The van der Waals surface area contributed by atoms with E-state index >= 15 is 0 Å². The SMILES string of the molecule is COCCCN(C(=S)Nc1ccccc1Cl)[C@H](C)c1ccccn1. The Balaban J connectivity index is 2.15. The average Bonchev–Trinajstić information content (AvgIpc) is 2.61. The molecule has 0 aliphatic rings. The Morgan fingerprint density at radius 2 is 2.04 bits per heavy atom. The second kappa shape index (κ2) is 9.57. The first-order valence-corrected chi connectivity index (χ1v) is 8.64. The van der Waals surface area contributed by atoms with Crippen molar-refractivity contribution in [2.45, 2.75) is 19.4 Å². The van der Waals surface area contributed by atoms with Crippen molar-refractivity contribution in [3.8, 4) is 0 Å². The van der Waals surface area contributed by atoms with Gasteiger partial charge in [0.15, 0.2) is 5.11 Å². The molecule has 0 unspecified atom stereocenters. The molecule has 24 heavy (non-hydrogen) atoms. The average molecular weight is 364 g/mol. The van der Waals surface area contributed by atoms with Gasteiger partial charge in [0.2, 0.25) is 0 Å². The second-order valence-corrected chi connectivity index (χ2v) is 6.17. The molecule has 0 aliphatic heterocycles. The van der Waals surface area contributed by atoms with Crippen molar-refractivity contribution in [1.82, 2.24) is 9.88 Å². The maximum Gasteiger partial charge on any atom is 0.174 e. The third-order valence-corrected chi connectivity index (χ3v) is 4.37. The Kier molecular flexibility index (Phi) is 7.43. The van der Waals surface area contributed by atoms with Gasteiger partial charge in [-0.2, -0.15) is 0 Å². The summed E-state index contributed by atoms with van der Waals surface area (Å²) in [6.07, 6.45) is 2.67. The lowest BCUT2D eigenvalue weighted by atomic mass is 10.2. The highest BCUT2D eigenvalue weighted by molar-refractivity contribution is 7.80. The van der Waals surface area contributed by atoms with Crippen LogP contribution in [0.5, 0.6) is 0 Å². The zero-order valence-electron chi connectivity index (χ0n) is 13.9. The first-order valence-electron chi connectivity index (χ1n) is 7.85. The van der Waals surface area contributed by atoms with Crippen LogP contribution >= 0.6 is 23.8 Å². The number of pyridine rings is 1. The van der Waals surface area contributed by atoms with E-state index in [9.17, 15) is 0 Å². The lowest BCUT2D eigenvalue weighted by Crippen LogP contribution is -2.38. The summed E-state index contributed by atoms with van der Waals surface area (Å²) in [5.41, 5.74) is 1.77. The zero-order chi connectivity index (χ0) is 17.4. The fourth-order valence-corrected chi connectivity index (χ4v) is 2.92. The quantitative estimate of drug-likeness (QED) is 0.577. The fraction of sp³-hybridized carbons (Fsp3) is 0.333. The molecule has 0 radical (unpaired) electrons. The summed E-state index contributed by atoms with van der Waals surface area (Å²) < 4.78 is 5.17. The number of hydrogen-bond donors (Lipinski definition) is 1. The number of hydrogen-bond acceptors (Lipinski definition) is 3. The second-order valence-electron chi connectivity index (χ2n) is 5.38. The molecule has 2 rings (SSSR count). The monoisotopic (exact) mass is 363 g/mol. The van der Waals surface area contributed by atoms with Crippen molar-refractivity contribution in [1.29, 1.82) is 0 Å². The molecule has 128 valence electrons. The molecule has 0 spiro atoms. The van der Waals surface area contributed by atoms with Gasteiger partial charge in [-0.3, -0.25) is 4.98 Å². The van der Waals surface area contributed by atoms with Crippen LogP contribution in [0.2, 0.25) is 5.02 Å². The molecule has 1 heterocycles. The first-order chi connectivity index (χ1) is 11.6. The molecule has 1 aromatic heterocycles. The van der Waals surface area contributed by atoms with Crippen molar-refractivity contribution in [3.63, 3.8) is 0 Å².